The molecule has 0 aliphatic heterocycles. The van der Waals surface area contributed by atoms with Crippen LogP contribution in [0.4, 0.5) is 4.39 Å². The Morgan fingerprint density at radius 1 is 1.53 bits per heavy atom. The van der Waals surface area contributed by atoms with E-state index in [2.05, 4.69) is 5.48 Å². The van der Waals surface area contributed by atoms with E-state index >= 15 is 0 Å². The molecule has 0 radical (unpaired) electrons. The molecule has 1 rings (SSSR count). The van der Waals surface area contributed by atoms with E-state index in [1.54, 1.807) is 13.8 Å². The number of rotatable bonds is 3. The summed E-state index contributed by atoms with van der Waals surface area (Å²) >= 11 is 5.64. The first-order valence-corrected chi connectivity index (χ1v) is 4.79. The van der Waals surface area contributed by atoms with Crippen molar-refractivity contribution in [3.63, 3.8) is 0 Å². The van der Waals surface area contributed by atoms with Crippen molar-refractivity contribution in [1.29, 1.82) is 0 Å². The van der Waals surface area contributed by atoms with Crippen molar-refractivity contribution in [3.05, 3.63) is 34.6 Å². The third kappa shape index (κ3) is 3.49. The molecule has 0 spiro atoms. The summed E-state index contributed by atoms with van der Waals surface area (Å²) in [5.41, 5.74) is 1.99. The molecule has 0 aliphatic rings. The maximum Gasteiger partial charge on any atom is 0.277 e. The molecule has 3 nitrogen and oxygen atoms in total. The zero-order valence-corrected chi connectivity index (χ0v) is 9.14. The number of carbonyl (C=O) groups is 1. The van der Waals surface area contributed by atoms with E-state index in [1.165, 1.54) is 12.1 Å². The van der Waals surface area contributed by atoms with E-state index in [1.807, 2.05) is 0 Å². The van der Waals surface area contributed by atoms with Crippen molar-refractivity contribution < 1.29 is 14.0 Å². The number of carbonyl (C=O) groups excluding carboxylic acids is 1. The van der Waals surface area contributed by atoms with Crippen LogP contribution in [0.2, 0.25) is 5.02 Å². The third-order valence-electron chi connectivity index (χ3n) is 1.56. The van der Waals surface area contributed by atoms with Crippen LogP contribution >= 0.6 is 11.6 Å². The highest BCUT2D eigenvalue weighted by Gasteiger charge is 2.12. The Balaban J connectivity index is 2.77. The van der Waals surface area contributed by atoms with Crippen LogP contribution in [0.25, 0.3) is 0 Å². The maximum atomic E-state index is 13.2. The summed E-state index contributed by atoms with van der Waals surface area (Å²) in [6, 6.07) is 3.75. The highest BCUT2D eigenvalue weighted by molar-refractivity contribution is 6.30. The normalized spacial score (nSPS) is 10.5. The molecule has 1 amide bonds. The molecule has 5 heteroatoms. The van der Waals surface area contributed by atoms with E-state index in [0.717, 1.165) is 6.07 Å². The van der Waals surface area contributed by atoms with E-state index in [4.69, 9.17) is 16.4 Å². The number of hydrogen-bond donors (Lipinski definition) is 1. The van der Waals surface area contributed by atoms with Gasteiger partial charge in [0.25, 0.3) is 5.91 Å². The zero-order chi connectivity index (χ0) is 11.4. The zero-order valence-electron chi connectivity index (χ0n) is 8.38. The lowest BCUT2D eigenvalue weighted by Crippen LogP contribution is -2.27. The van der Waals surface area contributed by atoms with Crippen molar-refractivity contribution in [2.45, 2.75) is 20.0 Å². The molecule has 0 heterocycles. The van der Waals surface area contributed by atoms with E-state index in [-0.39, 0.29) is 11.7 Å². The summed E-state index contributed by atoms with van der Waals surface area (Å²) in [5, 5.41) is 0.297. The highest BCUT2D eigenvalue weighted by Crippen LogP contribution is 2.14. The van der Waals surface area contributed by atoms with Gasteiger partial charge in [0.15, 0.2) is 0 Å². The van der Waals surface area contributed by atoms with Gasteiger partial charge in [-0.25, -0.2) is 9.87 Å². The quantitative estimate of drug-likeness (QED) is 0.812. The van der Waals surface area contributed by atoms with Crippen LogP contribution < -0.4 is 5.48 Å². The highest BCUT2D eigenvalue weighted by atomic mass is 35.5. The molecule has 0 aromatic heterocycles. The smallest absolute Gasteiger partial charge is 0.271 e. The predicted molar refractivity (Wildman–Crippen MR) is 55.1 cm³/mol. The number of nitrogens with one attached hydrogen (secondary N) is 1. The van der Waals surface area contributed by atoms with Crippen LogP contribution in [0.15, 0.2) is 18.2 Å². The van der Waals surface area contributed by atoms with E-state index in [9.17, 15) is 9.18 Å². The average molecular weight is 232 g/mol. The van der Waals surface area contributed by atoms with Gasteiger partial charge >= 0.3 is 0 Å². The SMILES string of the molecule is CC(C)ONC(=O)c1cc(Cl)ccc1F. The molecular weight excluding hydrogens is 221 g/mol. The Bertz CT molecular complexity index is 368. The molecule has 1 aromatic carbocycles. The summed E-state index contributed by atoms with van der Waals surface area (Å²) in [5.74, 6) is -1.28. The summed E-state index contributed by atoms with van der Waals surface area (Å²) in [6.07, 6.45) is -0.170. The second-order valence-electron chi connectivity index (χ2n) is 3.22. The van der Waals surface area contributed by atoms with Crippen molar-refractivity contribution in [2.75, 3.05) is 0 Å². The first-order chi connectivity index (χ1) is 7.00. The minimum Gasteiger partial charge on any atom is -0.271 e. The van der Waals surface area contributed by atoms with Gasteiger partial charge in [-0.3, -0.25) is 9.63 Å². The van der Waals surface area contributed by atoms with Crippen molar-refractivity contribution in [3.8, 4) is 0 Å². The van der Waals surface area contributed by atoms with Crippen LogP contribution in [0.5, 0.6) is 0 Å². The minimum atomic E-state index is -0.649. The van der Waals surface area contributed by atoms with Gasteiger partial charge in [-0.05, 0) is 32.0 Å². The molecule has 1 aromatic rings. The summed E-state index contributed by atoms with van der Waals surface area (Å²) in [4.78, 5) is 16.2. The van der Waals surface area contributed by atoms with Gasteiger partial charge in [0.1, 0.15) is 5.82 Å². The summed E-state index contributed by atoms with van der Waals surface area (Å²) in [6.45, 7) is 3.49. The second kappa shape index (κ2) is 5.09. The van der Waals surface area contributed by atoms with Crippen LogP contribution in [0.3, 0.4) is 0 Å². The Morgan fingerprint density at radius 2 is 2.20 bits per heavy atom. The fraction of sp³-hybridized carbons (Fsp3) is 0.300. The second-order valence-corrected chi connectivity index (χ2v) is 3.66. The number of hydroxylamine groups is 1. The first-order valence-electron chi connectivity index (χ1n) is 4.41. The summed E-state index contributed by atoms with van der Waals surface area (Å²) in [7, 11) is 0. The number of hydrogen-bond acceptors (Lipinski definition) is 2. The van der Waals surface area contributed by atoms with Crippen LogP contribution in [0.1, 0.15) is 24.2 Å². The van der Waals surface area contributed by atoms with Gasteiger partial charge in [0.05, 0.1) is 11.7 Å². The molecule has 0 unspecified atom stereocenters. The van der Waals surface area contributed by atoms with Gasteiger partial charge in [-0.2, -0.15) is 0 Å². The Morgan fingerprint density at radius 3 is 2.80 bits per heavy atom. The monoisotopic (exact) mass is 231 g/mol. The fourth-order valence-corrected chi connectivity index (χ4v) is 1.07. The lowest BCUT2D eigenvalue weighted by atomic mass is 10.2. The van der Waals surface area contributed by atoms with Crippen molar-refractivity contribution >= 4 is 17.5 Å². The molecule has 1 N–H and O–H groups in total. The van der Waals surface area contributed by atoms with Gasteiger partial charge in [0, 0.05) is 5.02 Å². The van der Waals surface area contributed by atoms with Crippen LogP contribution in [0, 0.1) is 5.82 Å². The average Bonchev–Trinajstić information content (AvgIpc) is 2.18. The van der Waals surface area contributed by atoms with Crippen LogP contribution in [-0.2, 0) is 4.84 Å². The van der Waals surface area contributed by atoms with Crippen molar-refractivity contribution in [1.82, 2.24) is 5.48 Å². The third-order valence-corrected chi connectivity index (χ3v) is 1.80. The first kappa shape index (κ1) is 11.9. The molecule has 0 aliphatic carbocycles. The van der Waals surface area contributed by atoms with E-state index < -0.39 is 11.7 Å². The van der Waals surface area contributed by atoms with Gasteiger partial charge in [-0.15, -0.1) is 0 Å². The minimum absolute atomic E-state index is 0.136. The standard InChI is InChI=1S/C10H11ClFNO2/c1-6(2)15-13-10(14)8-5-7(11)3-4-9(8)12/h3-6H,1-2H3,(H,13,14). The number of benzene rings is 1. The Kier molecular flexibility index (Phi) is 4.05. The summed E-state index contributed by atoms with van der Waals surface area (Å²) < 4.78 is 13.2. The largest absolute Gasteiger partial charge is 0.277 e. The molecule has 0 saturated heterocycles. The molecule has 82 valence electrons. The molecular formula is C10H11ClFNO2. The molecule has 0 bridgehead atoms. The lowest BCUT2D eigenvalue weighted by molar-refractivity contribution is -0.0000631. The van der Waals surface area contributed by atoms with E-state index in [0.29, 0.717) is 5.02 Å². The number of halogens is 2. The topological polar surface area (TPSA) is 38.3 Å². The number of amides is 1. The fourth-order valence-electron chi connectivity index (χ4n) is 0.898. The Hall–Kier alpha value is -1.13. The molecule has 0 saturated carbocycles. The lowest BCUT2D eigenvalue weighted by Gasteiger charge is -2.08. The molecule has 0 atom stereocenters. The molecule has 0 fully saturated rings. The van der Waals surface area contributed by atoms with Gasteiger partial charge in [-0.1, -0.05) is 11.6 Å². The predicted octanol–water partition coefficient (Wildman–Crippen LogP) is 2.55. The van der Waals surface area contributed by atoms with Gasteiger partial charge in [0.2, 0.25) is 0 Å². The Labute approximate surface area is 92.1 Å². The van der Waals surface area contributed by atoms with Crippen molar-refractivity contribution in [2.24, 2.45) is 0 Å². The van der Waals surface area contributed by atoms with Crippen LogP contribution in [-0.4, -0.2) is 12.0 Å². The maximum absolute atomic E-state index is 13.2. The molecule has 15 heavy (non-hydrogen) atoms. The van der Waals surface area contributed by atoms with Gasteiger partial charge < -0.3 is 0 Å².